The molecule has 1 aliphatic rings. The van der Waals surface area contributed by atoms with Gasteiger partial charge in [0.15, 0.2) is 0 Å². The van der Waals surface area contributed by atoms with Crippen molar-refractivity contribution in [2.75, 3.05) is 0 Å². The lowest BCUT2D eigenvalue weighted by Gasteiger charge is -2.04. The van der Waals surface area contributed by atoms with Gasteiger partial charge in [-0.15, -0.1) is 0 Å². The summed E-state index contributed by atoms with van der Waals surface area (Å²) in [5.41, 5.74) is 12.0. The largest absolute Gasteiger partial charge is 0.411 e. The fraction of sp³-hybridized carbons (Fsp3) is 0.188. The number of H-pyrrole nitrogens is 1. The molecular weight excluding hydrogens is 278 g/mol. The number of rotatable bonds is 2. The van der Waals surface area contributed by atoms with Crippen molar-refractivity contribution in [1.82, 2.24) is 15.0 Å². The summed E-state index contributed by atoms with van der Waals surface area (Å²) in [5, 5.41) is 12.7. The van der Waals surface area contributed by atoms with Crippen LogP contribution in [0.25, 0.3) is 22.3 Å². The first kappa shape index (κ1) is 13.0. The number of fused-ring (bicyclic) bond motifs is 3. The van der Waals surface area contributed by atoms with Crippen LogP contribution < -0.4 is 5.73 Å². The highest BCUT2D eigenvalue weighted by Gasteiger charge is 2.22. The number of hydrogen-bond acceptors (Lipinski definition) is 5. The Bertz CT molecular complexity index is 866. The second-order valence-electron chi connectivity index (χ2n) is 5.49. The van der Waals surface area contributed by atoms with Crippen LogP contribution in [0.15, 0.2) is 35.7 Å². The molecule has 6 nitrogen and oxygen atoms in total. The van der Waals surface area contributed by atoms with E-state index in [4.69, 9.17) is 10.9 Å². The third kappa shape index (κ3) is 1.96. The van der Waals surface area contributed by atoms with Crippen LogP contribution in [0.2, 0.25) is 0 Å². The number of oxime groups is 1. The summed E-state index contributed by atoms with van der Waals surface area (Å²) in [4.78, 5) is 11.9. The summed E-state index contributed by atoms with van der Waals surface area (Å²) in [6.07, 6.45) is 6.50. The van der Waals surface area contributed by atoms with Crippen molar-refractivity contribution in [2.24, 2.45) is 10.9 Å². The molecule has 0 radical (unpaired) electrons. The van der Waals surface area contributed by atoms with Crippen molar-refractivity contribution < 1.29 is 5.21 Å². The van der Waals surface area contributed by atoms with Gasteiger partial charge in [-0.1, -0.05) is 11.2 Å². The molecule has 0 spiro atoms. The minimum absolute atomic E-state index is 0.148. The molecule has 110 valence electrons. The summed E-state index contributed by atoms with van der Waals surface area (Å²) in [5.74, 6) is 0. The number of aryl methyl sites for hydroxylation is 1. The molecule has 4 rings (SSSR count). The quantitative estimate of drug-likeness (QED) is 0.383. The number of hydrogen-bond donors (Lipinski definition) is 3. The van der Waals surface area contributed by atoms with Crippen molar-refractivity contribution in [2.45, 2.75) is 18.9 Å². The van der Waals surface area contributed by atoms with Crippen LogP contribution in [0, 0.1) is 0 Å². The summed E-state index contributed by atoms with van der Waals surface area (Å²) in [6, 6.07) is 6.44. The molecule has 6 heteroatoms. The van der Waals surface area contributed by atoms with Crippen molar-refractivity contribution in [1.29, 1.82) is 0 Å². The van der Waals surface area contributed by atoms with E-state index in [1.807, 2.05) is 0 Å². The number of nitrogens with zero attached hydrogens (tertiary/aromatic N) is 3. The van der Waals surface area contributed by atoms with Gasteiger partial charge >= 0.3 is 0 Å². The maximum absolute atomic E-state index is 8.50. The minimum Gasteiger partial charge on any atom is -0.411 e. The predicted molar refractivity (Wildman–Crippen MR) is 84.0 cm³/mol. The Morgan fingerprint density at radius 3 is 3.00 bits per heavy atom. The van der Waals surface area contributed by atoms with E-state index in [1.165, 1.54) is 22.7 Å². The van der Waals surface area contributed by atoms with Gasteiger partial charge in [-0.3, -0.25) is 9.97 Å². The topological polar surface area (TPSA) is 100 Å². The summed E-state index contributed by atoms with van der Waals surface area (Å²) < 4.78 is 0. The molecule has 2 aromatic heterocycles. The van der Waals surface area contributed by atoms with Crippen molar-refractivity contribution >= 4 is 17.1 Å². The lowest BCUT2D eigenvalue weighted by atomic mass is 10.0. The molecule has 4 N–H and O–H groups in total. The maximum atomic E-state index is 8.50. The summed E-state index contributed by atoms with van der Waals surface area (Å²) in [6.45, 7) is 0. The fourth-order valence-electron chi connectivity index (χ4n) is 3.10. The molecule has 1 atom stereocenters. The molecule has 0 saturated heterocycles. The molecule has 2 heterocycles. The lowest BCUT2D eigenvalue weighted by molar-refractivity contribution is 0.321. The smallest absolute Gasteiger partial charge is 0.105 e. The van der Waals surface area contributed by atoms with Gasteiger partial charge in [-0.05, 0) is 36.1 Å². The van der Waals surface area contributed by atoms with Crippen molar-refractivity contribution in [3.05, 3.63) is 47.4 Å². The van der Waals surface area contributed by atoms with E-state index in [0.717, 1.165) is 29.7 Å². The van der Waals surface area contributed by atoms with E-state index < -0.39 is 0 Å². The zero-order valence-electron chi connectivity index (χ0n) is 11.8. The SMILES string of the molecule is N[C@@H]1CCc2c1ccc1[nH]c(-c3cnc(/C=N\O)cn3)cc21. The number of aromatic amines is 1. The molecule has 0 unspecified atom stereocenters. The van der Waals surface area contributed by atoms with Gasteiger partial charge in [0.1, 0.15) is 11.4 Å². The second-order valence-corrected chi connectivity index (χ2v) is 5.49. The van der Waals surface area contributed by atoms with Crippen LogP contribution in [0.3, 0.4) is 0 Å². The molecule has 0 amide bonds. The lowest BCUT2D eigenvalue weighted by Crippen LogP contribution is -2.04. The molecule has 3 aromatic rings. The van der Waals surface area contributed by atoms with Gasteiger partial charge in [0, 0.05) is 16.9 Å². The third-order valence-electron chi connectivity index (χ3n) is 4.19. The Labute approximate surface area is 126 Å². The zero-order valence-corrected chi connectivity index (χ0v) is 11.8. The maximum Gasteiger partial charge on any atom is 0.105 e. The van der Waals surface area contributed by atoms with Crippen LogP contribution in [-0.2, 0) is 6.42 Å². The Hall–Kier alpha value is -2.73. The molecule has 1 aliphatic carbocycles. The van der Waals surface area contributed by atoms with Crippen LogP contribution in [0.5, 0.6) is 0 Å². The number of nitrogens with one attached hydrogen (secondary N) is 1. The molecule has 0 aliphatic heterocycles. The second kappa shape index (κ2) is 4.92. The van der Waals surface area contributed by atoms with Gasteiger partial charge in [-0.25, -0.2) is 0 Å². The van der Waals surface area contributed by atoms with Crippen LogP contribution in [0.4, 0.5) is 0 Å². The first-order valence-corrected chi connectivity index (χ1v) is 7.16. The highest BCUT2D eigenvalue weighted by atomic mass is 16.4. The normalized spacial score (nSPS) is 17.4. The molecule has 22 heavy (non-hydrogen) atoms. The Morgan fingerprint density at radius 1 is 1.32 bits per heavy atom. The van der Waals surface area contributed by atoms with E-state index in [1.54, 1.807) is 12.4 Å². The average Bonchev–Trinajstić information content (AvgIpc) is 3.12. The molecule has 0 fully saturated rings. The zero-order chi connectivity index (χ0) is 15.1. The van der Waals surface area contributed by atoms with Gasteiger partial charge < -0.3 is 15.9 Å². The highest BCUT2D eigenvalue weighted by molar-refractivity contribution is 5.89. The third-order valence-corrected chi connectivity index (χ3v) is 4.19. The highest BCUT2D eigenvalue weighted by Crippen LogP contribution is 2.36. The van der Waals surface area contributed by atoms with E-state index in [0.29, 0.717) is 5.69 Å². The van der Waals surface area contributed by atoms with Crippen molar-refractivity contribution in [3.63, 3.8) is 0 Å². The Kier molecular flexibility index (Phi) is 2.90. The van der Waals surface area contributed by atoms with Gasteiger partial charge in [0.2, 0.25) is 0 Å². The monoisotopic (exact) mass is 293 g/mol. The van der Waals surface area contributed by atoms with Crippen LogP contribution in [-0.4, -0.2) is 26.4 Å². The number of aromatic nitrogens is 3. The van der Waals surface area contributed by atoms with E-state index >= 15 is 0 Å². The predicted octanol–water partition coefficient (Wildman–Crippen LogP) is 2.38. The first-order valence-electron chi connectivity index (χ1n) is 7.16. The standard InChI is InChI=1S/C16H15N5O/c17-13-3-1-10-11(13)2-4-14-12(10)5-15(21-14)16-8-18-9(6-19-16)7-20-22/h2,4-8,13,21-22H,1,3,17H2/b20-7-/t13-/m1/s1. The van der Waals surface area contributed by atoms with Crippen LogP contribution in [0.1, 0.15) is 29.3 Å². The van der Waals surface area contributed by atoms with Crippen LogP contribution >= 0.6 is 0 Å². The van der Waals surface area contributed by atoms with Crippen molar-refractivity contribution in [3.8, 4) is 11.4 Å². The summed E-state index contributed by atoms with van der Waals surface area (Å²) >= 11 is 0. The summed E-state index contributed by atoms with van der Waals surface area (Å²) in [7, 11) is 0. The van der Waals surface area contributed by atoms with E-state index in [2.05, 4.69) is 38.3 Å². The average molecular weight is 293 g/mol. The molecular formula is C16H15N5O. The first-order chi connectivity index (χ1) is 10.8. The van der Waals surface area contributed by atoms with E-state index in [-0.39, 0.29) is 6.04 Å². The number of benzene rings is 1. The minimum atomic E-state index is 0.148. The molecule has 0 saturated carbocycles. The van der Waals surface area contributed by atoms with E-state index in [9.17, 15) is 0 Å². The molecule has 0 bridgehead atoms. The number of nitrogens with two attached hydrogens (primary N) is 1. The van der Waals surface area contributed by atoms with Gasteiger partial charge in [-0.2, -0.15) is 0 Å². The van der Waals surface area contributed by atoms with Gasteiger partial charge in [0.25, 0.3) is 0 Å². The Balaban J connectivity index is 1.80. The fourth-order valence-corrected chi connectivity index (χ4v) is 3.10. The van der Waals surface area contributed by atoms with Gasteiger partial charge in [0.05, 0.1) is 24.3 Å². The molecule has 1 aromatic carbocycles. The Morgan fingerprint density at radius 2 is 2.23 bits per heavy atom.